The molecule has 0 atom stereocenters. The van der Waals surface area contributed by atoms with E-state index in [1.807, 2.05) is 23.1 Å². The third-order valence-electron chi connectivity index (χ3n) is 5.67. The molecule has 30 heavy (non-hydrogen) atoms. The number of hydrogen-bond donors (Lipinski definition) is 2. The zero-order valence-corrected chi connectivity index (χ0v) is 17.3. The summed E-state index contributed by atoms with van der Waals surface area (Å²) >= 11 is 0. The Hall–Kier alpha value is -3.22. The second-order valence-electron chi connectivity index (χ2n) is 7.73. The van der Waals surface area contributed by atoms with E-state index >= 15 is 0 Å². The molecule has 2 aromatic rings. The first-order valence-electron chi connectivity index (χ1n) is 10.5. The summed E-state index contributed by atoms with van der Waals surface area (Å²) in [5.41, 5.74) is 2.90. The Bertz CT molecular complexity index is 901. The van der Waals surface area contributed by atoms with Gasteiger partial charge in [-0.15, -0.1) is 0 Å². The van der Waals surface area contributed by atoms with Crippen molar-refractivity contribution in [1.29, 1.82) is 0 Å². The molecule has 0 spiro atoms. The number of hydrogen-bond acceptors (Lipinski definition) is 4. The van der Waals surface area contributed by atoms with E-state index in [4.69, 9.17) is 4.74 Å². The van der Waals surface area contributed by atoms with Crippen molar-refractivity contribution in [3.63, 3.8) is 0 Å². The van der Waals surface area contributed by atoms with Gasteiger partial charge >= 0.3 is 6.03 Å². The van der Waals surface area contributed by atoms with Crippen LogP contribution in [0.2, 0.25) is 0 Å². The average Bonchev–Trinajstić information content (AvgIpc) is 3.48. The van der Waals surface area contributed by atoms with Gasteiger partial charge in [0.1, 0.15) is 5.75 Å². The number of methoxy groups -OCH3 is 1. The minimum Gasteiger partial charge on any atom is -0.497 e. The molecule has 2 aliphatic heterocycles. The third kappa shape index (κ3) is 4.50. The van der Waals surface area contributed by atoms with E-state index in [0.717, 1.165) is 63.3 Å². The molecule has 0 bridgehead atoms. The van der Waals surface area contributed by atoms with Crippen molar-refractivity contribution in [2.45, 2.75) is 25.7 Å². The molecule has 0 saturated carbocycles. The van der Waals surface area contributed by atoms with Crippen molar-refractivity contribution in [2.24, 2.45) is 0 Å². The first-order valence-corrected chi connectivity index (χ1v) is 10.5. The molecule has 2 fully saturated rings. The largest absolute Gasteiger partial charge is 0.497 e. The number of ether oxygens (including phenoxy) is 1. The number of rotatable bonds is 5. The first-order chi connectivity index (χ1) is 14.6. The van der Waals surface area contributed by atoms with Crippen LogP contribution in [0.3, 0.4) is 0 Å². The quantitative estimate of drug-likeness (QED) is 0.779. The van der Waals surface area contributed by atoms with Gasteiger partial charge < -0.3 is 25.2 Å². The second-order valence-corrected chi connectivity index (χ2v) is 7.73. The van der Waals surface area contributed by atoms with Gasteiger partial charge in [-0.25, -0.2) is 4.79 Å². The van der Waals surface area contributed by atoms with Crippen molar-refractivity contribution >= 4 is 29.0 Å². The van der Waals surface area contributed by atoms with Crippen LogP contribution >= 0.6 is 0 Å². The molecule has 2 aromatic carbocycles. The smallest absolute Gasteiger partial charge is 0.323 e. The van der Waals surface area contributed by atoms with Gasteiger partial charge in [0, 0.05) is 43.2 Å². The summed E-state index contributed by atoms with van der Waals surface area (Å²) in [7, 11) is 1.60. The van der Waals surface area contributed by atoms with Crippen LogP contribution in [0.25, 0.3) is 0 Å². The van der Waals surface area contributed by atoms with Crippen molar-refractivity contribution in [3.8, 4) is 5.75 Å². The van der Waals surface area contributed by atoms with Crippen LogP contribution in [0.5, 0.6) is 5.75 Å². The molecule has 7 heteroatoms. The molecule has 7 nitrogen and oxygen atoms in total. The maximum atomic E-state index is 13.2. The predicted octanol–water partition coefficient (Wildman–Crippen LogP) is 4.18. The van der Waals surface area contributed by atoms with Gasteiger partial charge in [-0.2, -0.15) is 0 Å². The van der Waals surface area contributed by atoms with Crippen LogP contribution in [-0.2, 0) is 0 Å². The van der Waals surface area contributed by atoms with E-state index in [2.05, 4.69) is 15.5 Å². The number of carbonyl (C=O) groups excluding carboxylic acids is 2. The molecule has 4 rings (SSSR count). The number of anilines is 3. The van der Waals surface area contributed by atoms with Crippen molar-refractivity contribution in [1.82, 2.24) is 4.90 Å². The van der Waals surface area contributed by atoms with E-state index in [1.54, 1.807) is 31.4 Å². The highest BCUT2D eigenvalue weighted by molar-refractivity contribution is 6.04. The lowest BCUT2D eigenvalue weighted by Crippen LogP contribution is -2.30. The summed E-state index contributed by atoms with van der Waals surface area (Å²) in [4.78, 5) is 29.8. The molecule has 3 amide bonds. The fourth-order valence-electron chi connectivity index (χ4n) is 4.08. The fourth-order valence-corrected chi connectivity index (χ4v) is 4.08. The molecular formula is C23H28N4O3. The second kappa shape index (κ2) is 9.07. The lowest BCUT2D eigenvalue weighted by atomic mass is 10.1. The number of urea groups is 1. The van der Waals surface area contributed by atoms with Crippen molar-refractivity contribution in [3.05, 3.63) is 48.0 Å². The van der Waals surface area contributed by atoms with Crippen LogP contribution in [0, 0.1) is 0 Å². The predicted molar refractivity (Wildman–Crippen MR) is 119 cm³/mol. The van der Waals surface area contributed by atoms with Gasteiger partial charge in [-0.3, -0.25) is 4.79 Å². The van der Waals surface area contributed by atoms with Crippen LogP contribution in [0.4, 0.5) is 21.9 Å². The fraction of sp³-hybridized carbons (Fsp3) is 0.391. The minimum atomic E-state index is -0.353. The zero-order chi connectivity index (χ0) is 20.9. The maximum Gasteiger partial charge on any atom is 0.323 e. The van der Waals surface area contributed by atoms with Crippen molar-refractivity contribution in [2.75, 3.05) is 48.8 Å². The number of nitrogens with zero attached hydrogens (tertiary/aromatic N) is 2. The maximum absolute atomic E-state index is 13.2. The molecule has 0 aliphatic carbocycles. The zero-order valence-electron chi connectivity index (χ0n) is 17.3. The number of likely N-dealkylation sites (tertiary alicyclic amines) is 1. The average molecular weight is 409 g/mol. The van der Waals surface area contributed by atoms with Gasteiger partial charge in [-0.05, 0) is 68.1 Å². The number of benzene rings is 2. The molecular weight excluding hydrogens is 380 g/mol. The number of amides is 3. The Morgan fingerprint density at radius 1 is 0.833 bits per heavy atom. The molecule has 2 heterocycles. The summed E-state index contributed by atoms with van der Waals surface area (Å²) in [6, 6.07) is 12.4. The molecule has 2 saturated heterocycles. The number of nitrogens with one attached hydrogen (secondary N) is 2. The molecule has 158 valence electrons. The lowest BCUT2D eigenvalue weighted by molar-refractivity contribution is 0.0793. The highest BCUT2D eigenvalue weighted by atomic mass is 16.5. The molecule has 0 radical (unpaired) electrons. The SMILES string of the molecule is COc1ccc(NC(=O)Nc2ccc(N3CCCC3)c(C(=O)N3CCCC3)c2)cc1. The molecule has 2 aliphatic rings. The highest BCUT2D eigenvalue weighted by Crippen LogP contribution is 2.29. The summed E-state index contributed by atoms with van der Waals surface area (Å²) < 4.78 is 5.13. The normalized spacial score (nSPS) is 15.9. The Morgan fingerprint density at radius 2 is 1.43 bits per heavy atom. The van der Waals surface area contributed by atoms with E-state index < -0.39 is 0 Å². The Morgan fingerprint density at radius 3 is 2.10 bits per heavy atom. The summed E-state index contributed by atoms with van der Waals surface area (Å²) in [5, 5.41) is 5.66. The minimum absolute atomic E-state index is 0.0496. The van der Waals surface area contributed by atoms with Crippen LogP contribution in [-0.4, -0.2) is 50.1 Å². The van der Waals surface area contributed by atoms with Crippen LogP contribution in [0.1, 0.15) is 36.0 Å². The molecule has 2 N–H and O–H groups in total. The topological polar surface area (TPSA) is 73.9 Å². The van der Waals surface area contributed by atoms with Gasteiger partial charge in [-0.1, -0.05) is 0 Å². The van der Waals surface area contributed by atoms with Gasteiger partial charge in [0.2, 0.25) is 0 Å². The van der Waals surface area contributed by atoms with E-state index in [1.165, 1.54) is 0 Å². The van der Waals surface area contributed by atoms with Gasteiger partial charge in [0.15, 0.2) is 0 Å². The summed E-state index contributed by atoms with van der Waals surface area (Å²) in [6.07, 6.45) is 4.38. The standard InChI is InChI=1S/C23H28N4O3/c1-30-19-9-6-17(7-10-19)24-23(29)25-18-8-11-21(26-12-2-3-13-26)20(16-18)22(28)27-14-4-5-15-27/h6-11,16H,2-5,12-15H2,1H3,(H2,24,25,29). The molecule has 0 unspecified atom stereocenters. The summed E-state index contributed by atoms with van der Waals surface area (Å²) in [6.45, 7) is 3.53. The van der Waals surface area contributed by atoms with E-state index in [-0.39, 0.29) is 11.9 Å². The Kier molecular flexibility index (Phi) is 6.07. The van der Waals surface area contributed by atoms with Crippen LogP contribution in [0.15, 0.2) is 42.5 Å². The summed E-state index contributed by atoms with van der Waals surface area (Å²) in [5.74, 6) is 0.775. The van der Waals surface area contributed by atoms with Gasteiger partial charge in [0.25, 0.3) is 5.91 Å². The lowest BCUT2D eigenvalue weighted by Gasteiger charge is -2.24. The van der Waals surface area contributed by atoms with Gasteiger partial charge in [0.05, 0.1) is 12.7 Å². The van der Waals surface area contributed by atoms with Crippen molar-refractivity contribution < 1.29 is 14.3 Å². The van der Waals surface area contributed by atoms with Crippen LogP contribution < -0.4 is 20.3 Å². The van der Waals surface area contributed by atoms with E-state index in [0.29, 0.717) is 16.9 Å². The monoisotopic (exact) mass is 408 g/mol. The van der Waals surface area contributed by atoms with E-state index in [9.17, 15) is 9.59 Å². The Labute approximate surface area is 177 Å². The Balaban J connectivity index is 1.51. The highest BCUT2D eigenvalue weighted by Gasteiger charge is 2.25. The molecule has 0 aromatic heterocycles. The number of carbonyl (C=O) groups is 2. The first kappa shape index (κ1) is 20.1. The third-order valence-corrected chi connectivity index (χ3v) is 5.67.